The third-order valence-corrected chi connectivity index (χ3v) is 5.61. The Morgan fingerprint density at radius 3 is 2.86 bits per heavy atom. The average molecular weight is 392 g/mol. The first-order valence-electron chi connectivity index (χ1n) is 9.16. The van der Waals surface area contributed by atoms with E-state index in [1.54, 1.807) is 4.90 Å². The number of carbonyl (C=O) groups is 1. The van der Waals surface area contributed by atoms with Crippen LogP contribution in [0.25, 0.3) is 11.0 Å². The fraction of sp³-hybridized carbons (Fsp3) is 0.500. The number of rotatable bonds is 3. The molecule has 5 rings (SSSR count). The monoisotopic (exact) mass is 392 g/mol. The van der Waals surface area contributed by atoms with Crippen molar-refractivity contribution in [3.8, 4) is 0 Å². The predicted octanol–water partition coefficient (Wildman–Crippen LogP) is 0.694. The molecule has 1 saturated carbocycles. The number of fused-ring (bicyclic) bond motifs is 2. The zero-order chi connectivity index (χ0) is 19.6. The van der Waals surface area contributed by atoms with Crippen LogP contribution >= 0.6 is 0 Å². The van der Waals surface area contributed by atoms with Crippen LogP contribution in [-0.4, -0.2) is 65.2 Å². The fourth-order valence-corrected chi connectivity index (χ4v) is 4.07. The highest BCUT2D eigenvalue weighted by Crippen LogP contribution is 2.40. The number of nitrogens with one attached hydrogen (secondary N) is 1. The lowest BCUT2D eigenvalue weighted by molar-refractivity contribution is 0.0212. The Morgan fingerprint density at radius 2 is 2.18 bits per heavy atom. The number of pyridine rings is 2. The molecule has 148 valence electrons. The molecule has 0 amide bonds. The number of hydrogen-bond acceptors (Lipinski definition) is 6. The summed E-state index contributed by atoms with van der Waals surface area (Å²) in [4.78, 5) is 30.0. The largest absolute Gasteiger partial charge is 0.477 e. The third-order valence-electron chi connectivity index (χ3n) is 5.61. The molecular weight excluding hydrogens is 374 g/mol. The van der Waals surface area contributed by atoms with E-state index in [1.807, 2.05) is 0 Å². The van der Waals surface area contributed by atoms with Crippen molar-refractivity contribution in [1.29, 1.82) is 0 Å². The Balaban J connectivity index is 1.64. The molecule has 0 spiro atoms. The first-order chi connectivity index (χ1) is 13.4. The number of aromatic carboxylic acids is 1. The maximum absolute atomic E-state index is 14.9. The van der Waals surface area contributed by atoms with Gasteiger partial charge in [-0.2, -0.15) is 0 Å². The van der Waals surface area contributed by atoms with E-state index in [0.29, 0.717) is 19.7 Å². The molecule has 0 bridgehead atoms. The average Bonchev–Trinajstić information content (AvgIpc) is 3.23. The van der Waals surface area contributed by atoms with Crippen molar-refractivity contribution in [3.05, 3.63) is 33.9 Å². The second-order valence-electron chi connectivity index (χ2n) is 7.44. The number of aromatic nitrogens is 2. The molecule has 3 aliphatic rings. The minimum atomic E-state index is -1.44. The highest BCUT2D eigenvalue weighted by Gasteiger charge is 2.41. The van der Waals surface area contributed by atoms with E-state index in [9.17, 15) is 23.5 Å². The van der Waals surface area contributed by atoms with E-state index in [4.69, 9.17) is 4.74 Å². The quantitative estimate of drug-likeness (QED) is 0.794. The second-order valence-corrected chi connectivity index (χ2v) is 7.44. The maximum Gasteiger partial charge on any atom is 0.341 e. The lowest BCUT2D eigenvalue weighted by Crippen LogP contribution is -2.47. The Kier molecular flexibility index (Phi) is 3.88. The van der Waals surface area contributed by atoms with Crippen LogP contribution in [0.15, 0.2) is 17.1 Å². The molecule has 2 aromatic rings. The number of carboxylic acid groups (broad SMARTS) is 1. The molecule has 4 heterocycles. The molecule has 8 nitrogen and oxygen atoms in total. The van der Waals surface area contributed by atoms with Gasteiger partial charge in [0.15, 0.2) is 11.6 Å². The summed E-state index contributed by atoms with van der Waals surface area (Å²) in [6.07, 6.45) is 0.0907. The number of ether oxygens (including phenoxy) is 1. The lowest BCUT2D eigenvalue weighted by Gasteiger charge is -2.25. The topological polar surface area (TPSA) is 96.7 Å². The van der Waals surface area contributed by atoms with Crippen LogP contribution < -0.4 is 15.6 Å². The van der Waals surface area contributed by atoms with Crippen LogP contribution in [0.5, 0.6) is 0 Å². The zero-order valence-corrected chi connectivity index (χ0v) is 14.8. The van der Waals surface area contributed by atoms with Gasteiger partial charge < -0.3 is 24.6 Å². The number of alkyl halides is 1. The van der Waals surface area contributed by atoms with Crippen molar-refractivity contribution in [3.63, 3.8) is 0 Å². The summed E-state index contributed by atoms with van der Waals surface area (Å²) < 4.78 is 35.6. The van der Waals surface area contributed by atoms with Gasteiger partial charge in [-0.15, -0.1) is 0 Å². The van der Waals surface area contributed by atoms with E-state index < -0.39 is 35.0 Å². The molecular formula is C18H18F2N4O4. The van der Waals surface area contributed by atoms with Gasteiger partial charge >= 0.3 is 5.97 Å². The van der Waals surface area contributed by atoms with E-state index in [1.165, 1.54) is 4.57 Å². The molecule has 1 aliphatic carbocycles. The van der Waals surface area contributed by atoms with Gasteiger partial charge in [-0.25, -0.2) is 18.6 Å². The summed E-state index contributed by atoms with van der Waals surface area (Å²) in [5.74, 6) is -2.10. The fourth-order valence-electron chi connectivity index (χ4n) is 4.07. The smallest absolute Gasteiger partial charge is 0.341 e. The van der Waals surface area contributed by atoms with Crippen molar-refractivity contribution >= 4 is 22.8 Å². The summed E-state index contributed by atoms with van der Waals surface area (Å²) in [6.45, 7) is 2.24. The van der Waals surface area contributed by atoms with E-state index in [2.05, 4.69) is 10.3 Å². The Bertz CT molecular complexity index is 1030. The van der Waals surface area contributed by atoms with Gasteiger partial charge in [-0.3, -0.25) is 4.79 Å². The lowest BCUT2D eigenvalue weighted by atomic mass is 10.2. The number of morpholine rings is 1. The normalized spacial score (nSPS) is 29.1. The van der Waals surface area contributed by atoms with Gasteiger partial charge in [0, 0.05) is 32.3 Å². The number of halogens is 2. The highest BCUT2D eigenvalue weighted by atomic mass is 19.1. The van der Waals surface area contributed by atoms with Gasteiger partial charge in [0.25, 0.3) is 0 Å². The van der Waals surface area contributed by atoms with Crippen LogP contribution in [0.1, 0.15) is 22.8 Å². The maximum atomic E-state index is 14.9. The molecule has 2 N–H and O–H groups in total. The van der Waals surface area contributed by atoms with Crippen molar-refractivity contribution < 1.29 is 23.4 Å². The molecule has 2 aromatic heterocycles. The van der Waals surface area contributed by atoms with Crippen LogP contribution in [0.4, 0.5) is 14.6 Å². The molecule has 10 heteroatoms. The van der Waals surface area contributed by atoms with Crippen LogP contribution in [0.3, 0.4) is 0 Å². The van der Waals surface area contributed by atoms with Crippen molar-refractivity contribution in [2.24, 2.45) is 0 Å². The third kappa shape index (κ3) is 2.67. The highest BCUT2D eigenvalue weighted by molar-refractivity contribution is 5.92. The van der Waals surface area contributed by atoms with E-state index >= 15 is 0 Å². The van der Waals surface area contributed by atoms with Gasteiger partial charge in [-0.05, 0) is 6.07 Å². The SMILES string of the molecule is O=C(O)c1cn([C@@H]2C[C@H]2F)c2nc(N3C[C@@H]4NCCO[C@@H]4C3)c(F)cc2c1=O. The first kappa shape index (κ1) is 17.5. The Hall–Kier alpha value is -2.59. The summed E-state index contributed by atoms with van der Waals surface area (Å²) in [5, 5.41) is 12.4. The minimum absolute atomic E-state index is 0.0552. The predicted molar refractivity (Wildman–Crippen MR) is 95.2 cm³/mol. The standard InChI is InChI=1S/C18H18F2N4O4/c19-10-4-13(10)24-5-9(18(26)27)15(25)8-3-11(20)17(22-16(8)24)23-6-12-14(7-23)28-2-1-21-12/h3,5,10,12-14,21H,1-2,4,6-7H2,(H,26,27)/t10-,12+,13-,14-/m1/s1. The summed E-state index contributed by atoms with van der Waals surface area (Å²) in [5.41, 5.74) is -1.25. The van der Waals surface area contributed by atoms with Crippen molar-refractivity contribution in [2.45, 2.75) is 30.8 Å². The van der Waals surface area contributed by atoms with Crippen molar-refractivity contribution in [2.75, 3.05) is 31.1 Å². The van der Waals surface area contributed by atoms with Gasteiger partial charge in [0.1, 0.15) is 17.4 Å². The number of carboxylic acids is 1. The zero-order valence-electron chi connectivity index (χ0n) is 14.8. The number of hydrogen-bond donors (Lipinski definition) is 2. The summed E-state index contributed by atoms with van der Waals surface area (Å²) >= 11 is 0. The molecule has 28 heavy (non-hydrogen) atoms. The molecule has 4 atom stereocenters. The van der Waals surface area contributed by atoms with Gasteiger partial charge in [0.2, 0.25) is 5.43 Å². The molecule has 2 saturated heterocycles. The Labute approximate surface area is 157 Å². The summed E-state index contributed by atoms with van der Waals surface area (Å²) in [6, 6.07) is 0.466. The van der Waals surface area contributed by atoms with E-state index in [-0.39, 0.29) is 35.4 Å². The molecule has 2 aliphatic heterocycles. The van der Waals surface area contributed by atoms with Gasteiger partial charge in [0.05, 0.1) is 30.2 Å². The molecule has 0 radical (unpaired) electrons. The number of nitrogens with zero attached hydrogens (tertiary/aromatic N) is 3. The molecule has 0 unspecified atom stereocenters. The summed E-state index contributed by atoms with van der Waals surface area (Å²) in [7, 11) is 0. The Morgan fingerprint density at radius 1 is 1.39 bits per heavy atom. The second kappa shape index (κ2) is 6.21. The molecule has 0 aromatic carbocycles. The van der Waals surface area contributed by atoms with Crippen molar-refractivity contribution in [1.82, 2.24) is 14.9 Å². The first-order valence-corrected chi connectivity index (χ1v) is 9.16. The molecule has 3 fully saturated rings. The minimum Gasteiger partial charge on any atom is -0.477 e. The van der Waals surface area contributed by atoms with E-state index in [0.717, 1.165) is 18.8 Å². The van der Waals surface area contributed by atoms with Crippen LogP contribution in [0.2, 0.25) is 0 Å². The van der Waals surface area contributed by atoms with Crippen LogP contribution in [0, 0.1) is 5.82 Å². The number of anilines is 1. The van der Waals surface area contributed by atoms with Crippen LogP contribution in [-0.2, 0) is 4.74 Å². The van der Waals surface area contributed by atoms with Gasteiger partial charge in [-0.1, -0.05) is 0 Å².